The summed E-state index contributed by atoms with van der Waals surface area (Å²) in [7, 11) is 1.23. The van der Waals surface area contributed by atoms with Crippen LogP contribution in [0.3, 0.4) is 0 Å². The molecule has 0 bridgehead atoms. The van der Waals surface area contributed by atoms with Gasteiger partial charge >= 0.3 is 6.16 Å². The average molecular weight is 550 g/mol. The highest BCUT2D eigenvalue weighted by molar-refractivity contribution is 9.11. The zero-order chi connectivity index (χ0) is 24.4. The Morgan fingerprint density at radius 3 is 2.68 bits per heavy atom. The lowest BCUT2D eigenvalue weighted by molar-refractivity contribution is -0.117. The van der Waals surface area contributed by atoms with E-state index < -0.39 is 12.4 Å². The Kier molecular flexibility index (Phi) is 7.22. The zero-order valence-corrected chi connectivity index (χ0v) is 21.1. The van der Waals surface area contributed by atoms with Crippen LogP contribution in [-0.2, 0) is 14.3 Å². The molecule has 2 fully saturated rings. The quantitative estimate of drug-likeness (QED) is 0.570. The second kappa shape index (κ2) is 10.1. The van der Waals surface area contributed by atoms with Crippen LogP contribution in [0.5, 0.6) is 0 Å². The Hall–Kier alpha value is -2.92. The van der Waals surface area contributed by atoms with Crippen LogP contribution in [0.1, 0.15) is 44.9 Å². The lowest BCUT2D eigenvalue weighted by atomic mass is 10.1. The van der Waals surface area contributed by atoms with Gasteiger partial charge in [0.25, 0.3) is 11.8 Å². The minimum Gasteiger partial charge on any atom is -0.438 e. The van der Waals surface area contributed by atoms with Crippen molar-refractivity contribution < 1.29 is 28.7 Å². The number of carbonyl (C=O) groups is 4. The highest BCUT2D eigenvalue weighted by Gasteiger charge is 2.35. The van der Waals surface area contributed by atoms with Crippen molar-refractivity contribution in [2.45, 2.75) is 38.5 Å². The third kappa shape index (κ3) is 5.10. The lowest BCUT2D eigenvalue weighted by Gasteiger charge is -2.25. The van der Waals surface area contributed by atoms with E-state index in [0.29, 0.717) is 41.2 Å². The number of nitrogens with zero attached hydrogens (tertiary/aromatic N) is 2. The van der Waals surface area contributed by atoms with E-state index >= 15 is 0 Å². The van der Waals surface area contributed by atoms with E-state index in [0.717, 1.165) is 10.2 Å². The van der Waals surface area contributed by atoms with Crippen molar-refractivity contribution in [3.8, 4) is 0 Å². The highest BCUT2D eigenvalue weighted by Crippen LogP contribution is 2.28. The van der Waals surface area contributed by atoms with Gasteiger partial charge in [-0.05, 0) is 65.2 Å². The van der Waals surface area contributed by atoms with Gasteiger partial charge in [0, 0.05) is 37.2 Å². The number of hydrogen-bond acceptors (Lipinski definition) is 7. The molecular formula is C23H24BrN3O6S. The van der Waals surface area contributed by atoms with Gasteiger partial charge in [-0.3, -0.25) is 14.4 Å². The molecule has 3 amide bonds. The van der Waals surface area contributed by atoms with E-state index in [2.05, 4.69) is 26.0 Å². The van der Waals surface area contributed by atoms with Gasteiger partial charge in [-0.15, -0.1) is 11.3 Å². The van der Waals surface area contributed by atoms with Gasteiger partial charge in [0.2, 0.25) is 5.91 Å². The van der Waals surface area contributed by atoms with E-state index in [-0.39, 0.29) is 30.2 Å². The first-order chi connectivity index (χ1) is 16.3. The Balaban J connectivity index is 1.43. The molecule has 1 aromatic heterocycles. The van der Waals surface area contributed by atoms with Crippen LogP contribution in [0.4, 0.5) is 10.5 Å². The number of halogens is 1. The minimum atomic E-state index is -0.822. The number of amides is 3. The van der Waals surface area contributed by atoms with Crippen molar-refractivity contribution >= 4 is 56.8 Å². The fourth-order valence-corrected chi connectivity index (χ4v) is 5.50. The number of rotatable bonds is 5. The zero-order valence-electron chi connectivity index (χ0n) is 18.7. The second-order valence-corrected chi connectivity index (χ2v) is 10.6. The fourth-order valence-electron chi connectivity index (χ4n) is 4.21. The van der Waals surface area contributed by atoms with Gasteiger partial charge in [-0.1, -0.05) is 0 Å². The van der Waals surface area contributed by atoms with Crippen LogP contribution < -0.4 is 10.2 Å². The van der Waals surface area contributed by atoms with E-state index in [1.54, 1.807) is 36.1 Å². The van der Waals surface area contributed by atoms with E-state index in [9.17, 15) is 19.2 Å². The maximum atomic E-state index is 13.1. The predicted octanol–water partition coefficient (Wildman–Crippen LogP) is 3.70. The van der Waals surface area contributed by atoms with Gasteiger partial charge in [0.15, 0.2) is 6.23 Å². The van der Waals surface area contributed by atoms with Crippen LogP contribution in [-0.4, -0.2) is 61.2 Å². The van der Waals surface area contributed by atoms with Crippen molar-refractivity contribution in [3.63, 3.8) is 0 Å². The van der Waals surface area contributed by atoms with Crippen LogP contribution in [0, 0.1) is 6.92 Å². The van der Waals surface area contributed by atoms with Crippen molar-refractivity contribution in [1.82, 2.24) is 10.2 Å². The number of hydrogen-bond donors (Lipinski definition) is 1. The van der Waals surface area contributed by atoms with Crippen molar-refractivity contribution in [1.29, 1.82) is 0 Å². The number of ether oxygens (including phenoxy) is 2. The molecule has 1 aromatic carbocycles. The normalized spacial score (nSPS) is 19.9. The number of carbonyl (C=O) groups excluding carboxylic acids is 4. The first-order valence-corrected chi connectivity index (χ1v) is 12.4. The number of likely N-dealkylation sites (tertiary alicyclic amines) is 1. The topological polar surface area (TPSA) is 105 Å². The monoisotopic (exact) mass is 549 g/mol. The summed E-state index contributed by atoms with van der Waals surface area (Å²) in [6, 6.07) is 8.44. The maximum Gasteiger partial charge on any atom is 0.509 e. The molecule has 2 unspecified atom stereocenters. The molecule has 0 radical (unpaired) electrons. The van der Waals surface area contributed by atoms with Crippen LogP contribution in [0.25, 0.3) is 0 Å². The average Bonchev–Trinajstić information content (AvgIpc) is 3.53. The number of nitrogens with one attached hydrogen (secondary N) is 1. The number of benzene rings is 1. The summed E-state index contributed by atoms with van der Waals surface area (Å²) < 4.78 is 10.6. The van der Waals surface area contributed by atoms with E-state index in [1.807, 2.05) is 6.07 Å². The molecule has 2 saturated heterocycles. The molecule has 1 N–H and O–H groups in total. The molecule has 11 heteroatoms. The molecule has 9 nitrogen and oxygen atoms in total. The van der Waals surface area contributed by atoms with Crippen LogP contribution in [0.2, 0.25) is 0 Å². The molecule has 0 spiro atoms. The smallest absolute Gasteiger partial charge is 0.438 e. The first-order valence-electron chi connectivity index (χ1n) is 10.8. The van der Waals surface area contributed by atoms with E-state index in [4.69, 9.17) is 4.74 Å². The first kappa shape index (κ1) is 24.2. The molecule has 0 saturated carbocycles. The largest absolute Gasteiger partial charge is 0.509 e. The molecule has 3 heterocycles. The number of anilines is 1. The summed E-state index contributed by atoms with van der Waals surface area (Å²) in [4.78, 5) is 53.4. The van der Waals surface area contributed by atoms with Crippen LogP contribution in [0.15, 0.2) is 34.1 Å². The van der Waals surface area contributed by atoms with Gasteiger partial charge in [-0.25, -0.2) is 4.79 Å². The number of methoxy groups -OCH3 is 1. The SMILES string of the molecule is COC(=O)OC1CCCN1C(=O)c1ccc(N2CC(NC(=O)c3ccc(Br)s3)CC2=O)cc1C. The van der Waals surface area contributed by atoms with Crippen molar-refractivity contribution in [3.05, 3.63) is 50.1 Å². The molecule has 0 aliphatic carbocycles. The lowest BCUT2D eigenvalue weighted by Crippen LogP contribution is -2.38. The van der Waals surface area contributed by atoms with Crippen molar-refractivity contribution in [2.24, 2.45) is 0 Å². The number of thiophene rings is 1. The third-order valence-electron chi connectivity index (χ3n) is 5.87. The summed E-state index contributed by atoms with van der Waals surface area (Å²) in [5, 5.41) is 2.92. The summed E-state index contributed by atoms with van der Waals surface area (Å²) in [6.07, 6.45) is 0.00131. The summed E-state index contributed by atoms with van der Waals surface area (Å²) in [5.41, 5.74) is 1.84. The van der Waals surface area contributed by atoms with Crippen molar-refractivity contribution in [2.75, 3.05) is 25.1 Å². The third-order valence-corrected chi connectivity index (χ3v) is 7.49. The molecule has 2 aliphatic heterocycles. The van der Waals surface area contributed by atoms with Gasteiger partial charge < -0.3 is 24.6 Å². The fraction of sp³-hybridized carbons (Fsp3) is 0.391. The Morgan fingerprint density at radius 2 is 2.00 bits per heavy atom. The molecule has 2 aliphatic rings. The van der Waals surface area contributed by atoms with Gasteiger partial charge in [0.05, 0.1) is 21.8 Å². The second-order valence-electron chi connectivity index (χ2n) is 8.15. The highest BCUT2D eigenvalue weighted by atomic mass is 79.9. The Morgan fingerprint density at radius 1 is 1.21 bits per heavy atom. The molecular weight excluding hydrogens is 526 g/mol. The summed E-state index contributed by atoms with van der Waals surface area (Å²) >= 11 is 4.68. The predicted molar refractivity (Wildman–Crippen MR) is 129 cm³/mol. The summed E-state index contributed by atoms with van der Waals surface area (Å²) in [6.45, 7) is 2.64. The van der Waals surface area contributed by atoms with E-state index in [1.165, 1.54) is 23.3 Å². The standard InChI is InChI=1S/C23H24BrN3O6S/c1-13-10-15(5-6-16(13)22(30)26-9-3-4-20(26)33-23(31)32-2)27-12-14(11-19(27)28)25-21(29)17-7-8-18(24)34-17/h5-8,10,14,20H,3-4,9,11-12H2,1-2H3,(H,25,29). The van der Waals surface area contributed by atoms with Gasteiger partial charge in [-0.2, -0.15) is 0 Å². The number of aryl methyl sites for hydroxylation is 1. The van der Waals surface area contributed by atoms with Gasteiger partial charge in [0.1, 0.15) is 0 Å². The molecule has 180 valence electrons. The minimum absolute atomic E-state index is 0.0952. The Labute approximate surface area is 209 Å². The van der Waals surface area contributed by atoms with Crippen LogP contribution >= 0.6 is 27.3 Å². The molecule has 2 aromatic rings. The Bertz CT molecular complexity index is 1140. The molecule has 34 heavy (non-hydrogen) atoms. The molecule has 2 atom stereocenters. The summed E-state index contributed by atoms with van der Waals surface area (Å²) in [5.74, 6) is -0.542. The maximum absolute atomic E-state index is 13.1. The molecule has 4 rings (SSSR count).